The molecule has 6 heteroatoms. The summed E-state index contributed by atoms with van der Waals surface area (Å²) in [6.45, 7) is -0.0520. The summed E-state index contributed by atoms with van der Waals surface area (Å²) >= 11 is 0. The number of anilines is 1. The van der Waals surface area contributed by atoms with Crippen molar-refractivity contribution in [3.8, 4) is 0 Å². The SMILES string of the molecule is O=C(Nc1cc(F)ccc1F)OCc1ccccn1. The van der Waals surface area contributed by atoms with Crippen LogP contribution in [0.1, 0.15) is 5.69 Å². The quantitative estimate of drug-likeness (QED) is 0.926. The molecule has 0 aliphatic carbocycles. The van der Waals surface area contributed by atoms with Gasteiger partial charge in [-0.15, -0.1) is 0 Å². The van der Waals surface area contributed by atoms with Crippen LogP contribution in [0.4, 0.5) is 19.3 Å². The van der Waals surface area contributed by atoms with Gasteiger partial charge in [-0.05, 0) is 24.3 Å². The first-order chi connectivity index (χ1) is 9.15. The number of nitrogens with zero attached hydrogens (tertiary/aromatic N) is 1. The van der Waals surface area contributed by atoms with Crippen LogP contribution in [0.5, 0.6) is 0 Å². The Morgan fingerprint density at radius 1 is 1.26 bits per heavy atom. The second-order valence-corrected chi connectivity index (χ2v) is 3.65. The molecule has 0 atom stereocenters. The minimum Gasteiger partial charge on any atom is -0.443 e. The van der Waals surface area contributed by atoms with Crippen molar-refractivity contribution in [1.29, 1.82) is 0 Å². The Hall–Kier alpha value is -2.50. The van der Waals surface area contributed by atoms with Crippen molar-refractivity contribution in [1.82, 2.24) is 4.98 Å². The fourth-order valence-corrected chi connectivity index (χ4v) is 1.36. The first-order valence-corrected chi connectivity index (χ1v) is 5.44. The number of halogens is 2. The number of carbonyl (C=O) groups is 1. The molecule has 0 saturated carbocycles. The van der Waals surface area contributed by atoms with Gasteiger partial charge in [-0.1, -0.05) is 6.07 Å². The number of nitrogens with one attached hydrogen (secondary N) is 1. The molecule has 4 nitrogen and oxygen atoms in total. The van der Waals surface area contributed by atoms with Crippen LogP contribution in [0.3, 0.4) is 0 Å². The van der Waals surface area contributed by atoms with Crippen molar-refractivity contribution in [3.05, 3.63) is 59.9 Å². The van der Waals surface area contributed by atoms with Gasteiger partial charge in [0.15, 0.2) is 0 Å². The predicted molar refractivity (Wildman–Crippen MR) is 64.4 cm³/mol. The van der Waals surface area contributed by atoms with E-state index in [1.54, 1.807) is 24.4 Å². The Labute approximate surface area is 108 Å². The smallest absolute Gasteiger partial charge is 0.412 e. The molecule has 0 aliphatic heterocycles. The van der Waals surface area contributed by atoms with E-state index < -0.39 is 17.7 Å². The molecular weight excluding hydrogens is 254 g/mol. The summed E-state index contributed by atoms with van der Waals surface area (Å²) in [5, 5.41) is 2.12. The van der Waals surface area contributed by atoms with E-state index in [9.17, 15) is 13.6 Å². The third-order valence-corrected chi connectivity index (χ3v) is 2.24. The summed E-state index contributed by atoms with van der Waals surface area (Å²) in [5.41, 5.74) is 0.281. The van der Waals surface area contributed by atoms with Crippen LogP contribution in [-0.4, -0.2) is 11.1 Å². The van der Waals surface area contributed by atoms with Gasteiger partial charge in [0.05, 0.1) is 11.4 Å². The number of aromatic nitrogens is 1. The number of rotatable bonds is 3. The van der Waals surface area contributed by atoms with Crippen molar-refractivity contribution in [3.63, 3.8) is 0 Å². The zero-order valence-electron chi connectivity index (χ0n) is 9.77. The molecule has 0 unspecified atom stereocenters. The minimum atomic E-state index is -0.879. The highest BCUT2D eigenvalue weighted by molar-refractivity contribution is 5.84. The van der Waals surface area contributed by atoms with Crippen molar-refractivity contribution >= 4 is 11.8 Å². The van der Waals surface area contributed by atoms with Crippen LogP contribution in [0.25, 0.3) is 0 Å². The molecule has 98 valence electrons. The Bertz CT molecular complexity index is 576. The standard InChI is InChI=1S/C13H10F2N2O2/c14-9-4-5-11(15)12(7-9)17-13(18)19-8-10-3-1-2-6-16-10/h1-7H,8H2,(H,17,18). The van der Waals surface area contributed by atoms with Crippen LogP contribution >= 0.6 is 0 Å². The van der Waals surface area contributed by atoms with Gasteiger partial charge in [0.25, 0.3) is 0 Å². The highest BCUT2D eigenvalue weighted by Gasteiger charge is 2.09. The minimum absolute atomic E-state index is 0.0520. The fraction of sp³-hybridized carbons (Fsp3) is 0.0769. The van der Waals surface area contributed by atoms with Gasteiger partial charge in [-0.25, -0.2) is 13.6 Å². The first-order valence-electron chi connectivity index (χ1n) is 5.44. The molecule has 19 heavy (non-hydrogen) atoms. The van der Waals surface area contributed by atoms with E-state index in [1.807, 2.05) is 0 Å². The van der Waals surface area contributed by atoms with Crippen LogP contribution in [0, 0.1) is 11.6 Å². The molecule has 0 saturated heterocycles. The van der Waals surface area contributed by atoms with Crippen molar-refractivity contribution in [2.24, 2.45) is 0 Å². The average Bonchev–Trinajstić information content (AvgIpc) is 2.42. The molecule has 2 rings (SSSR count). The molecule has 1 heterocycles. The maximum Gasteiger partial charge on any atom is 0.412 e. The van der Waals surface area contributed by atoms with E-state index in [4.69, 9.17) is 4.74 Å². The lowest BCUT2D eigenvalue weighted by Crippen LogP contribution is -2.15. The van der Waals surface area contributed by atoms with E-state index in [1.165, 1.54) is 0 Å². The monoisotopic (exact) mass is 264 g/mol. The summed E-state index contributed by atoms with van der Waals surface area (Å²) in [6, 6.07) is 7.90. The topological polar surface area (TPSA) is 51.2 Å². The number of hydrogen-bond donors (Lipinski definition) is 1. The van der Waals surface area contributed by atoms with Gasteiger partial charge >= 0.3 is 6.09 Å². The summed E-state index contributed by atoms with van der Waals surface area (Å²) in [6.07, 6.45) is 0.679. The molecular formula is C13H10F2N2O2. The lowest BCUT2D eigenvalue weighted by molar-refractivity contribution is 0.153. The van der Waals surface area contributed by atoms with Crippen LogP contribution in [0.2, 0.25) is 0 Å². The summed E-state index contributed by atoms with van der Waals surface area (Å²) in [4.78, 5) is 15.3. The van der Waals surface area contributed by atoms with Gasteiger partial charge in [0, 0.05) is 12.3 Å². The molecule has 1 aromatic carbocycles. The van der Waals surface area contributed by atoms with Crippen molar-refractivity contribution in [2.75, 3.05) is 5.32 Å². The Kier molecular flexibility index (Phi) is 4.02. The van der Waals surface area contributed by atoms with Gasteiger partial charge < -0.3 is 4.74 Å². The van der Waals surface area contributed by atoms with E-state index in [2.05, 4.69) is 10.3 Å². The lowest BCUT2D eigenvalue weighted by atomic mass is 10.3. The van der Waals surface area contributed by atoms with E-state index in [-0.39, 0.29) is 12.3 Å². The van der Waals surface area contributed by atoms with Crippen LogP contribution < -0.4 is 5.32 Å². The Morgan fingerprint density at radius 2 is 2.11 bits per heavy atom. The van der Waals surface area contributed by atoms with Gasteiger partial charge in [0.1, 0.15) is 18.2 Å². The second-order valence-electron chi connectivity index (χ2n) is 3.65. The van der Waals surface area contributed by atoms with Crippen LogP contribution in [-0.2, 0) is 11.3 Å². The Morgan fingerprint density at radius 3 is 2.84 bits per heavy atom. The summed E-state index contributed by atoms with van der Waals surface area (Å²) in [7, 11) is 0. The third kappa shape index (κ3) is 3.74. The first kappa shape index (κ1) is 12.9. The molecule has 0 aliphatic rings. The van der Waals surface area contributed by atoms with Gasteiger partial charge in [-0.3, -0.25) is 10.3 Å². The van der Waals surface area contributed by atoms with Crippen molar-refractivity contribution in [2.45, 2.75) is 6.61 Å². The largest absolute Gasteiger partial charge is 0.443 e. The molecule has 1 N–H and O–H groups in total. The molecule has 0 bridgehead atoms. The molecule has 1 amide bonds. The summed E-state index contributed by atoms with van der Waals surface area (Å²) in [5.74, 6) is -1.39. The molecule has 1 aromatic heterocycles. The zero-order valence-corrected chi connectivity index (χ0v) is 9.77. The number of amides is 1. The lowest BCUT2D eigenvalue weighted by Gasteiger charge is -2.07. The number of benzene rings is 1. The summed E-state index contributed by atoms with van der Waals surface area (Å²) < 4.78 is 30.9. The number of hydrogen-bond acceptors (Lipinski definition) is 3. The third-order valence-electron chi connectivity index (χ3n) is 2.24. The van der Waals surface area contributed by atoms with E-state index in [0.29, 0.717) is 5.69 Å². The Balaban J connectivity index is 1.93. The average molecular weight is 264 g/mol. The molecule has 0 spiro atoms. The highest BCUT2D eigenvalue weighted by atomic mass is 19.1. The molecule has 0 fully saturated rings. The van der Waals surface area contributed by atoms with Crippen molar-refractivity contribution < 1.29 is 18.3 Å². The zero-order chi connectivity index (χ0) is 13.7. The van der Waals surface area contributed by atoms with Gasteiger partial charge in [0.2, 0.25) is 0 Å². The molecule has 0 radical (unpaired) electrons. The number of pyridine rings is 1. The number of carbonyl (C=O) groups excluding carboxylic acids is 1. The maximum atomic E-state index is 13.2. The maximum absolute atomic E-state index is 13.2. The number of ether oxygens (including phenoxy) is 1. The van der Waals surface area contributed by atoms with E-state index >= 15 is 0 Å². The fourth-order valence-electron chi connectivity index (χ4n) is 1.36. The van der Waals surface area contributed by atoms with Crippen LogP contribution in [0.15, 0.2) is 42.6 Å². The normalized spacial score (nSPS) is 10.0. The molecule has 2 aromatic rings. The van der Waals surface area contributed by atoms with E-state index in [0.717, 1.165) is 18.2 Å². The highest BCUT2D eigenvalue weighted by Crippen LogP contribution is 2.15. The predicted octanol–water partition coefficient (Wildman–Crippen LogP) is 3.11. The van der Waals surface area contributed by atoms with Gasteiger partial charge in [-0.2, -0.15) is 0 Å². The second kappa shape index (κ2) is 5.90.